The van der Waals surface area contributed by atoms with Gasteiger partial charge in [-0.3, -0.25) is 5.10 Å². The van der Waals surface area contributed by atoms with Crippen LogP contribution in [0.5, 0.6) is 0 Å². The second kappa shape index (κ2) is 5.30. The maximum absolute atomic E-state index is 6.46. The zero-order valence-electron chi connectivity index (χ0n) is 14.2. The standard InChI is InChI=1S/C19H18ClN5/c1-3-11-6-10(2)17(25-19(11)22-18(24-25)12-4-5-12)13-7-14-9-21-23-16(14)15(20)8-13/h6-9,12H,3-5H2,1-2H3,(H,21,23). The molecule has 3 aromatic heterocycles. The van der Waals surface area contributed by atoms with Crippen LogP contribution in [0.4, 0.5) is 0 Å². The summed E-state index contributed by atoms with van der Waals surface area (Å²) in [5, 5.41) is 13.6. The largest absolute Gasteiger partial charge is 0.276 e. The molecular formula is C19H18ClN5. The van der Waals surface area contributed by atoms with E-state index in [0.717, 1.165) is 40.1 Å². The van der Waals surface area contributed by atoms with E-state index in [1.165, 1.54) is 24.0 Å². The lowest BCUT2D eigenvalue weighted by molar-refractivity contribution is 0.877. The van der Waals surface area contributed by atoms with Crippen molar-refractivity contribution >= 4 is 28.2 Å². The Balaban J connectivity index is 1.83. The van der Waals surface area contributed by atoms with Gasteiger partial charge in [-0.25, -0.2) is 9.50 Å². The molecule has 25 heavy (non-hydrogen) atoms. The third-order valence-corrected chi connectivity index (χ3v) is 5.28. The van der Waals surface area contributed by atoms with Crippen molar-refractivity contribution in [2.75, 3.05) is 0 Å². The average molecular weight is 352 g/mol. The summed E-state index contributed by atoms with van der Waals surface area (Å²) in [7, 11) is 0. The number of aromatic nitrogens is 5. The van der Waals surface area contributed by atoms with Gasteiger partial charge < -0.3 is 0 Å². The van der Waals surface area contributed by atoms with E-state index in [9.17, 15) is 0 Å². The molecule has 6 heteroatoms. The van der Waals surface area contributed by atoms with Crippen LogP contribution in [0.25, 0.3) is 27.8 Å². The van der Waals surface area contributed by atoms with E-state index in [2.05, 4.69) is 36.2 Å². The molecule has 0 spiro atoms. The van der Waals surface area contributed by atoms with Gasteiger partial charge in [0.15, 0.2) is 11.5 Å². The third kappa shape index (κ3) is 2.26. The Bertz CT molecular complexity index is 1120. The van der Waals surface area contributed by atoms with Crippen molar-refractivity contribution in [3.05, 3.63) is 46.4 Å². The van der Waals surface area contributed by atoms with Crippen LogP contribution in [-0.4, -0.2) is 24.8 Å². The summed E-state index contributed by atoms with van der Waals surface area (Å²) in [6, 6.07) is 6.31. The van der Waals surface area contributed by atoms with Gasteiger partial charge in [0.05, 0.1) is 22.4 Å². The molecule has 5 nitrogen and oxygen atoms in total. The van der Waals surface area contributed by atoms with Crippen molar-refractivity contribution in [1.82, 2.24) is 24.8 Å². The topological polar surface area (TPSA) is 58.9 Å². The van der Waals surface area contributed by atoms with E-state index < -0.39 is 0 Å². The molecule has 0 radical (unpaired) electrons. The summed E-state index contributed by atoms with van der Waals surface area (Å²) in [6.45, 7) is 4.29. The van der Waals surface area contributed by atoms with Crippen molar-refractivity contribution < 1.29 is 0 Å². The normalized spacial score (nSPS) is 14.7. The van der Waals surface area contributed by atoms with E-state index in [4.69, 9.17) is 21.7 Å². The first kappa shape index (κ1) is 14.9. The van der Waals surface area contributed by atoms with Gasteiger partial charge in [0.2, 0.25) is 0 Å². The van der Waals surface area contributed by atoms with Crippen LogP contribution >= 0.6 is 11.6 Å². The summed E-state index contributed by atoms with van der Waals surface area (Å²) in [5.41, 5.74) is 6.33. The molecular weight excluding hydrogens is 334 g/mol. The Morgan fingerprint density at radius 1 is 1.28 bits per heavy atom. The molecule has 0 atom stereocenters. The minimum Gasteiger partial charge on any atom is -0.276 e. The maximum atomic E-state index is 6.46. The second-order valence-electron chi connectivity index (χ2n) is 6.83. The number of hydrogen-bond acceptors (Lipinski definition) is 3. The first-order valence-electron chi connectivity index (χ1n) is 8.68. The highest BCUT2D eigenvalue weighted by Crippen LogP contribution is 2.39. The van der Waals surface area contributed by atoms with Gasteiger partial charge in [-0.15, -0.1) is 0 Å². The Hall–Kier alpha value is -2.40. The summed E-state index contributed by atoms with van der Waals surface area (Å²) in [4.78, 5) is 4.85. The molecule has 1 aliphatic carbocycles. The smallest absolute Gasteiger partial charge is 0.159 e. The van der Waals surface area contributed by atoms with Crippen LogP contribution in [-0.2, 0) is 6.42 Å². The van der Waals surface area contributed by atoms with Crippen molar-refractivity contribution in [2.45, 2.75) is 39.0 Å². The zero-order valence-corrected chi connectivity index (χ0v) is 14.9. The molecule has 1 fully saturated rings. The molecule has 4 aromatic rings. The molecule has 126 valence electrons. The minimum atomic E-state index is 0.526. The zero-order chi connectivity index (χ0) is 17.1. The molecule has 1 N–H and O–H groups in total. The number of H-pyrrole nitrogens is 1. The van der Waals surface area contributed by atoms with Crippen LogP contribution in [0.2, 0.25) is 5.02 Å². The Morgan fingerprint density at radius 2 is 2.12 bits per heavy atom. The predicted octanol–water partition coefficient (Wildman–Crippen LogP) is 4.67. The maximum Gasteiger partial charge on any atom is 0.159 e. The number of rotatable bonds is 3. The van der Waals surface area contributed by atoms with E-state index >= 15 is 0 Å². The SMILES string of the molecule is CCc1cc(C)c(-c2cc(Cl)c3[nH]ncc3c2)n2nc(C3CC3)nc12. The number of benzene rings is 1. The van der Waals surface area contributed by atoms with Gasteiger partial charge in [-0.1, -0.05) is 24.6 Å². The van der Waals surface area contributed by atoms with Crippen LogP contribution < -0.4 is 0 Å². The minimum absolute atomic E-state index is 0.526. The molecule has 1 aromatic carbocycles. The molecule has 0 saturated heterocycles. The van der Waals surface area contributed by atoms with Crippen molar-refractivity contribution in [3.63, 3.8) is 0 Å². The highest BCUT2D eigenvalue weighted by atomic mass is 35.5. The molecule has 0 unspecified atom stereocenters. The quantitative estimate of drug-likeness (QED) is 0.583. The number of hydrogen-bond donors (Lipinski definition) is 1. The van der Waals surface area contributed by atoms with Crippen LogP contribution in [0.15, 0.2) is 24.4 Å². The number of fused-ring (bicyclic) bond motifs is 2. The van der Waals surface area contributed by atoms with E-state index in [-0.39, 0.29) is 0 Å². The highest BCUT2D eigenvalue weighted by Gasteiger charge is 2.29. The number of halogens is 1. The van der Waals surface area contributed by atoms with Gasteiger partial charge in [0.1, 0.15) is 0 Å². The first-order chi connectivity index (χ1) is 12.2. The lowest BCUT2D eigenvalue weighted by Gasteiger charge is -2.12. The van der Waals surface area contributed by atoms with E-state index in [1.54, 1.807) is 6.20 Å². The van der Waals surface area contributed by atoms with Gasteiger partial charge >= 0.3 is 0 Å². The fourth-order valence-electron chi connectivity index (χ4n) is 3.53. The number of pyridine rings is 1. The van der Waals surface area contributed by atoms with Gasteiger partial charge in [0, 0.05) is 16.9 Å². The van der Waals surface area contributed by atoms with Crippen LogP contribution in [0.1, 0.15) is 42.6 Å². The van der Waals surface area contributed by atoms with E-state index in [0.29, 0.717) is 10.9 Å². The van der Waals surface area contributed by atoms with Gasteiger partial charge in [-0.2, -0.15) is 10.2 Å². The lowest BCUT2D eigenvalue weighted by Crippen LogP contribution is -2.01. The average Bonchev–Trinajstić information content (AvgIpc) is 3.16. The molecule has 1 aliphatic rings. The van der Waals surface area contributed by atoms with Crippen molar-refractivity contribution in [3.8, 4) is 11.3 Å². The van der Waals surface area contributed by atoms with Gasteiger partial charge in [0.25, 0.3) is 0 Å². The molecule has 0 bridgehead atoms. The monoisotopic (exact) mass is 351 g/mol. The molecule has 5 rings (SSSR count). The Kier molecular flexibility index (Phi) is 3.16. The summed E-state index contributed by atoms with van der Waals surface area (Å²) in [6.07, 6.45) is 5.13. The van der Waals surface area contributed by atoms with Crippen LogP contribution in [0, 0.1) is 6.92 Å². The Labute approximate surface area is 150 Å². The molecule has 0 amide bonds. The molecule has 3 heterocycles. The van der Waals surface area contributed by atoms with Crippen molar-refractivity contribution in [1.29, 1.82) is 0 Å². The first-order valence-corrected chi connectivity index (χ1v) is 9.05. The number of nitrogens with one attached hydrogen (secondary N) is 1. The number of aryl methyl sites for hydroxylation is 2. The molecule has 0 aliphatic heterocycles. The molecule has 1 saturated carbocycles. The third-order valence-electron chi connectivity index (χ3n) is 4.98. The van der Waals surface area contributed by atoms with Gasteiger partial charge in [-0.05, 0) is 49.4 Å². The highest BCUT2D eigenvalue weighted by molar-refractivity contribution is 6.35. The second-order valence-corrected chi connectivity index (χ2v) is 7.23. The summed E-state index contributed by atoms with van der Waals surface area (Å²) < 4.78 is 2.01. The summed E-state index contributed by atoms with van der Waals surface area (Å²) >= 11 is 6.46. The fourth-order valence-corrected chi connectivity index (χ4v) is 3.80. The van der Waals surface area contributed by atoms with E-state index in [1.807, 2.05) is 10.6 Å². The lowest BCUT2D eigenvalue weighted by atomic mass is 10.0. The van der Waals surface area contributed by atoms with Crippen molar-refractivity contribution in [2.24, 2.45) is 0 Å². The number of aromatic amines is 1. The Morgan fingerprint density at radius 3 is 2.88 bits per heavy atom. The summed E-state index contributed by atoms with van der Waals surface area (Å²) in [5.74, 6) is 1.50. The fraction of sp³-hybridized carbons (Fsp3) is 0.316. The number of nitrogens with zero attached hydrogens (tertiary/aromatic N) is 4. The van der Waals surface area contributed by atoms with Crippen LogP contribution in [0.3, 0.4) is 0 Å². The predicted molar refractivity (Wildman–Crippen MR) is 99.2 cm³/mol.